The lowest BCUT2D eigenvalue weighted by molar-refractivity contribution is 0.0337. The van der Waals surface area contributed by atoms with Crippen molar-refractivity contribution in [1.82, 2.24) is 10.1 Å². The number of benzene rings is 2. The summed E-state index contributed by atoms with van der Waals surface area (Å²) in [5.74, 6) is 0.996. The molecule has 0 fully saturated rings. The van der Waals surface area contributed by atoms with Crippen LogP contribution >= 0.6 is 0 Å². The van der Waals surface area contributed by atoms with Gasteiger partial charge in [0.2, 0.25) is 0 Å². The van der Waals surface area contributed by atoms with Crippen molar-refractivity contribution in [2.24, 2.45) is 0 Å². The molecule has 2 heterocycles. The van der Waals surface area contributed by atoms with E-state index in [9.17, 15) is 4.79 Å². The fourth-order valence-corrected chi connectivity index (χ4v) is 3.16. The lowest BCUT2D eigenvalue weighted by atomic mass is 10.1. The third kappa shape index (κ3) is 4.17. The molecule has 152 valence electrons. The zero-order valence-corrected chi connectivity index (χ0v) is 17.1. The number of rotatable bonds is 6. The Morgan fingerprint density at radius 2 is 1.87 bits per heavy atom. The Morgan fingerprint density at radius 3 is 2.60 bits per heavy atom. The molecule has 0 amide bonds. The molecule has 0 N–H and O–H groups in total. The molecule has 0 radical (unpaired) electrons. The Balaban J connectivity index is 1.39. The summed E-state index contributed by atoms with van der Waals surface area (Å²) in [5.41, 5.74) is 3.95. The van der Waals surface area contributed by atoms with E-state index >= 15 is 0 Å². The average Bonchev–Trinajstić information content (AvgIpc) is 3.09. The van der Waals surface area contributed by atoms with E-state index in [4.69, 9.17) is 14.0 Å². The summed E-state index contributed by atoms with van der Waals surface area (Å²) in [7, 11) is 0. The SMILES string of the molecule is Cc1noc(C)c1COc1ccc(C(=O)OC(C)c2cnc3ccccc3c2)cc1. The van der Waals surface area contributed by atoms with Crippen molar-refractivity contribution in [2.75, 3.05) is 0 Å². The Labute approximate surface area is 174 Å². The molecule has 6 nitrogen and oxygen atoms in total. The zero-order chi connectivity index (χ0) is 21.1. The minimum absolute atomic E-state index is 0.358. The average molecular weight is 402 g/mol. The van der Waals surface area contributed by atoms with Crippen LogP contribution in [0.5, 0.6) is 5.75 Å². The molecule has 0 bridgehead atoms. The highest BCUT2D eigenvalue weighted by Gasteiger charge is 2.15. The Morgan fingerprint density at radius 1 is 1.10 bits per heavy atom. The molecule has 6 heteroatoms. The van der Waals surface area contributed by atoms with Crippen molar-refractivity contribution in [1.29, 1.82) is 0 Å². The van der Waals surface area contributed by atoms with Gasteiger partial charge < -0.3 is 14.0 Å². The zero-order valence-electron chi connectivity index (χ0n) is 17.1. The van der Waals surface area contributed by atoms with E-state index in [1.165, 1.54) is 0 Å². The Hall–Kier alpha value is -3.67. The maximum absolute atomic E-state index is 12.5. The van der Waals surface area contributed by atoms with Crippen LogP contribution < -0.4 is 4.74 Å². The van der Waals surface area contributed by atoms with E-state index in [2.05, 4.69) is 10.1 Å². The smallest absolute Gasteiger partial charge is 0.338 e. The molecule has 4 rings (SSSR count). The first kappa shape index (κ1) is 19.6. The van der Waals surface area contributed by atoms with Gasteiger partial charge in [-0.15, -0.1) is 0 Å². The minimum Gasteiger partial charge on any atom is -0.489 e. The summed E-state index contributed by atoms with van der Waals surface area (Å²) in [6.07, 6.45) is 1.33. The maximum Gasteiger partial charge on any atom is 0.338 e. The first-order valence-corrected chi connectivity index (χ1v) is 9.71. The van der Waals surface area contributed by atoms with Crippen molar-refractivity contribution in [3.8, 4) is 5.75 Å². The van der Waals surface area contributed by atoms with Crippen molar-refractivity contribution in [2.45, 2.75) is 33.5 Å². The van der Waals surface area contributed by atoms with Crippen LogP contribution in [0.15, 0.2) is 65.3 Å². The molecule has 0 spiro atoms. The van der Waals surface area contributed by atoms with E-state index in [-0.39, 0.29) is 0 Å². The van der Waals surface area contributed by atoms with Gasteiger partial charge in [-0.2, -0.15) is 0 Å². The molecule has 0 saturated heterocycles. The predicted octanol–water partition coefficient (Wildman–Crippen LogP) is 5.34. The molecule has 0 saturated carbocycles. The fraction of sp³-hybridized carbons (Fsp3) is 0.208. The molecule has 2 aromatic heterocycles. The first-order valence-electron chi connectivity index (χ1n) is 9.71. The summed E-state index contributed by atoms with van der Waals surface area (Å²) in [5, 5.41) is 4.93. The van der Waals surface area contributed by atoms with Gasteiger partial charge in [0.1, 0.15) is 24.2 Å². The van der Waals surface area contributed by atoms with Gasteiger partial charge in [-0.25, -0.2) is 4.79 Å². The van der Waals surface area contributed by atoms with Crippen molar-refractivity contribution in [3.63, 3.8) is 0 Å². The highest BCUT2D eigenvalue weighted by Crippen LogP contribution is 2.23. The van der Waals surface area contributed by atoms with E-state index < -0.39 is 12.1 Å². The number of nitrogens with zero attached hydrogens (tertiary/aromatic N) is 2. The third-order valence-electron chi connectivity index (χ3n) is 5.02. The van der Waals surface area contributed by atoms with E-state index in [1.807, 2.05) is 51.1 Å². The highest BCUT2D eigenvalue weighted by molar-refractivity contribution is 5.89. The second-order valence-corrected chi connectivity index (χ2v) is 7.12. The number of pyridine rings is 1. The van der Waals surface area contributed by atoms with E-state index in [1.54, 1.807) is 30.5 Å². The van der Waals surface area contributed by atoms with Gasteiger partial charge in [0, 0.05) is 17.1 Å². The number of carbonyl (C=O) groups is 1. The molecule has 4 aromatic rings. The molecular weight excluding hydrogens is 380 g/mol. The molecule has 0 aliphatic carbocycles. The number of ether oxygens (including phenoxy) is 2. The predicted molar refractivity (Wildman–Crippen MR) is 112 cm³/mol. The number of esters is 1. The highest BCUT2D eigenvalue weighted by atomic mass is 16.5. The van der Waals surface area contributed by atoms with Crippen molar-refractivity contribution < 1.29 is 18.8 Å². The molecule has 1 unspecified atom stereocenters. The molecule has 2 aromatic carbocycles. The summed E-state index contributed by atoms with van der Waals surface area (Å²) in [4.78, 5) is 17.0. The standard InChI is InChI=1S/C24H22N2O4/c1-15-22(17(3)30-26-15)14-28-21-10-8-18(9-11-21)24(27)29-16(2)20-12-19-6-4-5-7-23(19)25-13-20/h4-13,16H,14H2,1-3H3. The van der Waals surface area contributed by atoms with Gasteiger partial charge in [-0.3, -0.25) is 4.98 Å². The third-order valence-corrected chi connectivity index (χ3v) is 5.02. The molecule has 0 aliphatic heterocycles. The second-order valence-electron chi connectivity index (χ2n) is 7.12. The van der Waals surface area contributed by atoms with Crippen LogP contribution in [0, 0.1) is 13.8 Å². The van der Waals surface area contributed by atoms with Gasteiger partial charge >= 0.3 is 5.97 Å². The summed E-state index contributed by atoms with van der Waals surface area (Å²) in [6, 6.07) is 16.7. The van der Waals surface area contributed by atoms with Crippen LogP contribution in [-0.2, 0) is 11.3 Å². The van der Waals surface area contributed by atoms with E-state index in [0.717, 1.165) is 33.5 Å². The van der Waals surface area contributed by atoms with Crippen LogP contribution in [0.25, 0.3) is 10.9 Å². The Bertz CT molecular complexity index is 1160. The van der Waals surface area contributed by atoms with Gasteiger partial charge in [0.15, 0.2) is 0 Å². The number of carbonyl (C=O) groups excluding carboxylic acids is 1. The van der Waals surface area contributed by atoms with Gasteiger partial charge in [0.05, 0.1) is 22.3 Å². The summed E-state index contributed by atoms with van der Waals surface area (Å²) in [6.45, 7) is 5.92. The topological polar surface area (TPSA) is 74.5 Å². The number of para-hydroxylation sites is 1. The quantitative estimate of drug-likeness (QED) is 0.406. The van der Waals surface area contributed by atoms with Crippen LogP contribution in [-0.4, -0.2) is 16.1 Å². The van der Waals surface area contributed by atoms with Crippen LogP contribution in [0.2, 0.25) is 0 Å². The summed E-state index contributed by atoms with van der Waals surface area (Å²) < 4.78 is 16.5. The lowest BCUT2D eigenvalue weighted by Crippen LogP contribution is -2.09. The number of aryl methyl sites for hydroxylation is 2. The molecule has 30 heavy (non-hydrogen) atoms. The van der Waals surface area contributed by atoms with Gasteiger partial charge in [-0.05, 0) is 57.2 Å². The van der Waals surface area contributed by atoms with Crippen molar-refractivity contribution >= 4 is 16.9 Å². The second kappa shape index (κ2) is 8.37. The summed E-state index contributed by atoms with van der Waals surface area (Å²) >= 11 is 0. The van der Waals surface area contributed by atoms with Crippen molar-refractivity contribution in [3.05, 3.63) is 88.9 Å². The number of hydrogen-bond acceptors (Lipinski definition) is 6. The fourth-order valence-electron chi connectivity index (χ4n) is 3.16. The van der Waals surface area contributed by atoms with Gasteiger partial charge in [0.25, 0.3) is 0 Å². The van der Waals surface area contributed by atoms with Gasteiger partial charge in [-0.1, -0.05) is 23.4 Å². The lowest BCUT2D eigenvalue weighted by Gasteiger charge is -2.14. The normalized spacial score (nSPS) is 12.0. The van der Waals surface area contributed by atoms with Crippen LogP contribution in [0.4, 0.5) is 0 Å². The number of hydrogen-bond donors (Lipinski definition) is 0. The number of fused-ring (bicyclic) bond motifs is 1. The molecule has 1 atom stereocenters. The maximum atomic E-state index is 12.5. The minimum atomic E-state index is -0.412. The van der Waals surface area contributed by atoms with E-state index in [0.29, 0.717) is 17.9 Å². The van der Waals surface area contributed by atoms with Crippen LogP contribution in [0.3, 0.4) is 0 Å². The Kier molecular flexibility index (Phi) is 5.48. The first-order chi connectivity index (χ1) is 14.5. The largest absolute Gasteiger partial charge is 0.489 e. The number of aromatic nitrogens is 2. The molecular formula is C24H22N2O4. The molecule has 0 aliphatic rings. The van der Waals surface area contributed by atoms with Crippen LogP contribution in [0.1, 0.15) is 46.0 Å². The monoisotopic (exact) mass is 402 g/mol.